The molecule has 0 spiro atoms. The molecule has 138 valence electrons. The minimum atomic E-state index is -0.326. The predicted molar refractivity (Wildman–Crippen MR) is 105 cm³/mol. The van der Waals surface area contributed by atoms with Crippen molar-refractivity contribution in [3.8, 4) is 0 Å². The Balaban J connectivity index is 1.81. The van der Waals surface area contributed by atoms with Gasteiger partial charge < -0.3 is 10.1 Å². The fraction of sp³-hybridized carbons (Fsp3) is 0.429. The van der Waals surface area contributed by atoms with Gasteiger partial charge in [-0.1, -0.05) is 18.2 Å². The van der Waals surface area contributed by atoms with Crippen LogP contribution in [0.2, 0.25) is 0 Å². The number of esters is 1. The summed E-state index contributed by atoms with van der Waals surface area (Å²) in [4.78, 5) is 26.2. The summed E-state index contributed by atoms with van der Waals surface area (Å²) in [5, 5.41) is 3.61. The van der Waals surface area contributed by atoms with Gasteiger partial charge in [-0.15, -0.1) is 11.3 Å². The maximum atomic E-state index is 12.6. The lowest BCUT2D eigenvalue weighted by atomic mass is 9.95. The molecule has 5 heteroatoms. The molecule has 1 aromatic heterocycles. The molecule has 0 atom stereocenters. The second-order valence-corrected chi connectivity index (χ2v) is 7.88. The van der Waals surface area contributed by atoms with Crippen LogP contribution in [0.15, 0.2) is 18.2 Å². The Morgan fingerprint density at radius 2 is 1.92 bits per heavy atom. The third-order valence-corrected chi connectivity index (χ3v) is 6.05. The minimum Gasteiger partial charge on any atom is -0.462 e. The van der Waals surface area contributed by atoms with Crippen molar-refractivity contribution >= 4 is 28.2 Å². The van der Waals surface area contributed by atoms with Crippen LogP contribution < -0.4 is 5.32 Å². The van der Waals surface area contributed by atoms with E-state index in [2.05, 4.69) is 12.2 Å². The summed E-state index contributed by atoms with van der Waals surface area (Å²) in [6.45, 7) is 6.23. The minimum absolute atomic E-state index is 0.0996. The molecular weight excluding hydrogens is 346 g/mol. The molecule has 1 aliphatic rings. The van der Waals surface area contributed by atoms with Gasteiger partial charge >= 0.3 is 5.97 Å². The van der Waals surface area contributed by atoms with Crippen LogP contribution in [0.3, 0.4) is 0 Å². The number of hydrogen-bond donors (Lipinski definition) is 1. The Kier molecular flexibility index (Phi) is 5.77. The Hall–Kier alpha value is -2.14. The van der Waals surface area contributed by atoms with Crippen molar-refractivity contribution in [2.24, 2.45) is 0 Å². The molecule has 4 nitrogen and oxygen atoms in total. The fourth-order valence-corrected chi connectivity index (χ4v) is 4.64. The molecule has 0 saturated heterocycles. The number of hydrogen-bond acceptors (Lipinski definition) is 4. The summed E-state index contributed by atoms with van der Waals surface area (Å²) in [6.07, 6.45) is 4.36. The zero-order valence-electron chi connectivity index (χ0n) is 15.6. The van der Waals surface area contributed by atoms with Crippen molar-refractivity contribution in [3.63, 3.8) is 0 Å². The first-order chi connectivity index (χ1) is 12.5. The first kappa shape index (κ1) is 18.6. The maximum absolute atomic E-state index is 12.6. The molecule has 1 heterocycles. The average Bonchev–Trinajstić information content (AvgIpc) is 2.96. The summed E-state index contributed by atoms with van der Waals surface area (Å²) < 4.78 is 5.24. The number of fused-ring (bicyclic) bond motifs is 1. The van der Waals surface area contributed by atoms with E-state index in [1.54, 1.807) is 6.92 Å². The van der Waals surface area contributed by atoms with Crippen molar-refractivity contribution in [1.82, 2.24) is 0 Å². The first-order valence-electron chi connectivity index (χ1n) is 9.17. The van der Waals surface area contributed by atoms with Crippen LogP contribution >= 0.6 is 11.3 Å². The van der Waals surface area contributed by atoms with Gasteiger partial charge in [0, 0.05) is 4.88 Å². The molecule has 3 rings (SSSR count). The lowest BCUT2D eigenvalue weighted by Crippen LogP contribution is -2.17. The molecule has 1 aromatic carbocycles. The number of benzene rings is 1. The smallest absolute Gasteiger partial charge is 0.341 e. The number of amides is 1. The molecule has 1 N–H and O–H groups in total. The van der Waals surface area contributed by atoms with E-state index < -0.39 is 0 Å². The first-order valence-corrected chi connectivity index (χ1v) is 9.99. The average molecular weight is 372 g/mol. The highest BCUT2D eigenvalue weighted by atomic mass is 32.1. The van der Waals surface area contributed by atoms with Gasteiger partial charge in [0.15, 0.2) is 0 Å². The molecular formula is C21H25NO3S. The number of anilines is 1. The van der Waals surface area contributed by atoms with Crippen LogP contribution in [-0.2, 0) is 28.8 Å². The van der Waals surface area contributed by atoms with Crippen LogP contribution in [0, 0.1) is 13.8 Å². The standard InChI is InChI=1S/C21H25NO3S/c1-4-25-21(24)19-16-7-5-6-8-17(16)26-20(19)22-18(23)12-15-10-9-13(2)14(3)11-15/h9-11H,4-8,12H2,1-3H3,(H,22,23). The highest BCUT2D eigenvalue weighted by molar-refractivity contribution is 7.17. The number of carbonyl (C=O) groups excluding carboxylic acids is 2. The fourth-order valence-electron chi connectivity index (χ4n) is 3.34. The summed E-state index contributed by atoms with van der Waals surface area (Å²) in [6, 6.07) is 6.06. The molecule has 2 aromatic rings. The van der Waals surface area contributed by atoms with Gasteiger partial charge in [0.2, 0.25) is 5.91 Å². The molecule has 1 amide bonds. The van der Waals surface area contributed by atoms with Crippen molar-refractivity contribution in [3.05, 3.63) is 50.9 Å². The Labute approximate surface area is 158 Å². The lowest BCUT2D eigenvalue weighted by Gasteiger charge is -2.12. The van der Waals surface area contributed by atoms with E-state index in [-0.39, 0.29) is 11.9 Å². The van der Waals surface area contributed by atoms with Crippen LogP contribution in [0.1, 0.15) is 57.3 Å². The van der Waals surface area contributed by atoms with Crippen LogP contribution in [0.5, 0.6) is 0 Å². The van der Waals surface area contributed by atoms with Crippen molar-refractivity contribution in [2.45, 2.75) is 52.9 Å². The van der Waals surface area contributed by atoms with Gasteiger partial charge in [-0.05, 0) is 68.7 Å². The van der Waals surface area contributed by atoms with Crippen molar-refractivity contribution in [2.75, 3.05) is 11.9 Å². The van der Waals surface area contributed by atoms with E-state index in [9.17, 15) is 9.59 Å². The zero-order valence-corrected chi connectivity index (χ0v) is 16.4. The van der Waals surface area contributed by atoms with E-state index in [0.29, 0.717) is 23.6 Å². The number of nitrogens with one attached hydrogen (secondary N) is 1. The maximum Gasteiger partial charge on any atom is 0.341 e. The van der Waals surface area contributed by atoms with Crippen molar-refractivity contribution < 1.29 is 14.3 Å². The largest absolute Gasteiger partial charge is 0.462 e. The van der Waals surface area contributed by atoms with E-state index in [1.165, 1.54) is 27.3 Å². The number of thiophene rings is 1. The van der Waals surface area contributed by atoms with Gasteiger partial charge in [-0.3, -0.25) is 4.79 Å². The lowest BCUT2D eigenvalue weighted by molar-refractivity contribution is -0.115. The number of ether oxygens (including phenoxy) is 1. The molecule has 0 aliphatic heterocycles. The normalized spacial score (nSPS) is 13.2. The van der Waals surface area contributed by atoms with Crippen LogP contribution in [-0.4, -0.2) is 18.5 Å². The van der Waals surface area contributed by atoms with Crippen molar-refractivity contribution in [1.29, 1.82) is 0 Å². The predicted octanol–water partition coefficient (Wildman–Crippen LogP) is 4.60. The Morgan fingerprint density at radius 1 is 1.15 bits per heavy atom. The summed E-state index contributed by atoms with van der Waals surface area (Å²) in [7, 11) is 0. The van der Waals surface area contributed by atoms with Gasteiger partial charge in [0.25, 0.3) is 0 Å². The quantitative estimate of drug-likeness (QED) is 0.782. The Morgan fingerprint density at radius 3 is 2.65 bits per heavy atom. The van der Waals surface area contributed by atoms with Crippen LogP contribution in [0.4, 0.5) is 5.00 Å². The highest BCUT2D eigenvalue weighted by Gasteiger charge is 2.27. The summed E-state index contributed by atoms with van der Waals surface area (Å²) in [5.74, 6) is -0.425. The third kappa shape index (κ3) is 3.98. The number of carbonyl (C=O) groups is 2. The topological polar surface area (TPSA) is 55.4 Å². The van der Waals surface area contributed by atoms with Gasteiger partial charge in [-0.25, -0.2) is 4.79 Å². The van der Waals surface area contributed by atoms with E-state index in [4.69, 9.17) is 4.74 Å². The highest BCUT2D eigenvalue weighted by Crippen LogP contribution is 2.38. The van der Waals surface area contributed by atoms with Gasteiger partial charge in [0.1, 0.15) is 5.00 Å². The SMILES string of the molecule is CCOC(=O)c1c(NC(=O)Cc2ccc(C)c(C)c2)sc2c1CCCC2. The molecule has 0 bridgehead atoms. The number of rotatable bonds is 5. The third-order valence-electron chi connectivity index (χ3n) is 4.84. The second-order valence-electron chi connectivity index (χ2n) is 6.78. The zero-order chi connectivity index (χ0) is 18.7. The second kappa shape index (κ2) is 8.04. The number of aryl methyl sites for hydroxylation is 3. The molecule has 0 saturated carbocycles. The van der Waals surface area contributed by atoms with E-state index in [1.807, 2.05) is 25.1 Å². The van der Waals surface area contributed by atoms with E-state index >= 15 is 0 Å². The summed E-state index contributed by atoms with van der Waals surface area (Å²) in [5.41, 5.74) is 5.00. The molecule has 0 radical (unpaired) electrons. The van der Waals surface area contributed by atoms with Crippen LogP contribution in [0.25, 0.3) is 0 Å². The molecule has 0 fully saturated rings. The Bertz CT molecular complexity index is 838. The van der Waals surface area contributed by atoms with E-state index in [0.717, 1.165) is 36.8 Å². The monoisotopic (exact) mass is 371 g/mol. The van der Waals surface area contributed by atoms with Gasteiger partial charge in [-0.2, -0.15) is 0 Å². The molecule has 1 aliphatic carbocycles. The molecule has 0 unspecified atom stereocenters. The van der Waals surface area contributed by atoms with Gasteiger partial charge in [0.05, 0.1) is 18.6 Å². The molecule has 26 heavy (non-hydrogen) atoms. The summed E-state index contributed by atoms with van der Waals surface area (Å²) >= 11 is 1.53.